The zero-order valence-corrected chi connectivity index (χ0v) is 14.6. The van der Waals surface area contributed by atoms with Gasteiger partial charge >= 0.3 is 18.2 Å². The molecule has 25 heavy (non-hydrogen) atoms. The summed E-state index contributed by atoms with van der Waals surface area (Å²) in [7, 11) is 1.44. The topological polar surface area (TPSA) is 69.6 Å². The zero-order valence-electron chi connectivity index (χ0n) is 14.6. The van der Waals surface area contributed by atoms with Crippen LogP contribution in [0.3, 0.4) is 0 Å². The van der Waals surface area contributed by atoms with E-state index < -0.39 is 41.6 Å². The molecule has 1 aromatic rings. The molecule has 0 saturated carbocycles. The first-order valence-electron chi connectivity index (χ1n) is 7.85. The Bertz CT molecular complexity index is 619. The van der Waals surface area contributed by atoms with Crippen LogP contribution in [0.1, 0.15) is 37.8 Å². The Hall–Kier alpha value is -2.25. The lowest BCUT2D eigenvalue weighted by atomic mass is 9.90. The van der Waals surface area contributed by atoms with E-state index in [1.165, 1.54) is 37.1 Å². The summed E-state index contributed by atoms with van der Waals surface area (Å²) in [6, 6.07) is 4.16. The van der Waals surface area contributed by atoms with Crippen LogP contribution in [0.2, 0.25) is 0 Å². The predicted molar refractivity (Wildman–Crippen MR) is 87.3 cm³/mol. The second-order valence-corrected chi connectivity index (χ2v) is 6.23. The molecule has 1 rings (SSSR count). The lowest BCUT2D eigenvalue weighted by Gasteiger charge is -2.27. The average molecular weight is 360 g/mol. The van der Waals surface area contributed by atoms with E-state index in [1.54, 1.807) is 13.8 Å². The SMILES string of the molecule is CC(CN(C)C(=O)NC(C)C(C)c1ccccc1C(F)(F)F)C(=O)O. The van der Waals surface area contributed by atoms with Crippen molar-refractivity contribution < 1.29 is 27.9 Å². The summed E-state index contributed by atoms with van der Waals surface area (Å²) in [5.41, 5.74) is -0.624. The smallest absolute Gasteiger partial charge is 0.416 e. The maximum Gasteiger partial charge on any atom is 0.416 e. The fraction of sp³-hybridized carbons (Fsp3) is 0.529. The highest BCUT2D eigenvalue weighted by atomic mass is 19.4. The van der Waals surface area contributed by atoms with Gasteiger partial charge in [0.05, 0.1) is 11.5 Å². The number of benzene rings is 1. The van der Waals surface area contributed by atoms with Gasteiger partial charge in [-0.05, 0) is 18.6 Å². The maximum absolute atomic E-state index is 13.1. The van der Waals surface area contributed by atoms with Crippen molar-refractivity contribution in [1.29, 1.82) is 0 Å². The number of hydrogen-bond acceptors (Lipinski definition) is 2. The molecule has 8 heteroatoms. The Morgan fingerprint density at radius 3 is 2.28 bits per heavy atom. The van der Waals surface area contributed by atoms with Crippen LogP contribution >= 0.6 is 0 Å². The lowest BCUT2D eigenvalue weighted by Crippen LogP contribution is -2.45. The van der Waals surface area contributed by atoms with Crippen LogP contribution in [0.5, 0.6) is 0 Å². The molecule has 0 aliphatic carbocycles. The Morgan fingerprint density at radius 1 is 1.20 bits per heavy atom. The van der Waals surface area contributed by atoms with Crippen molar-refractivity contribution >= 4 is 12.0 Å². The molecule has 3 unspecified atom stereocenters. The van der Waals surface area contributed by atoms with Crippen molar-refractivity contribution in [2.45, 2.75) is 38.9 Å². The Morgan fingerprint density at radius 2 is 1.76 bits per heavy atom. The normalized spacial score (nSPS) is 15.2. The molecular weight excluding hydrogens is 337 g/mol. The first-order valence-corrected chi connectivity index (χ1v) is 7.85. The number of aliphatic carboxylic acids is 1. The molecule has 0 heterocycles. The average Bonchev–Trinajstić information content (AvgIpc) is 2.52. The maximum atomic E-state index is 13.1. The number of hydrogen-bond donors (Lipinski definition) is 2. The summed E-state index contributed by atoms with van der Waals surface area (Å²) in [5.74, 6) is -2.35. The highest BCUT2D eigenvalue weighted by molar-refractivity contribution is 5.76. The van der Waals surface area contributed by atoms with E-state index in [2.05, 4.69) is 5.32 Å². The summed E-state index contributed by atoms with van der Waals surface area (Å²) in [4.78, 5) is 24.2. The minimum absolute atomic E-state index is 0.00139. The van der Waals surface area contributed by atoms with Crippen LogP contribution in [-0.2, 0) is 11.0 Å². The van der Waals surface area contributed by atoms with Crippen LogP contribution in [-0.4, -0.2) is 41.6 Å². The highest BCUT2D eigenvalue weighted by Gasteiger charge is 2.35. The predicted octanol–water partition coefficient (Wildman–Crippen LogP) is 3.56. The molecule has 0 aliphatic heterocycles. The summed E-state index contributed by atoms with van der Waals surface area (Å²) >= 11 is 0. The molecule has 0 fully saturated rings. The molecule has 140 valence electrons. The first kappa shape index (κ1) is 20.8. The minimum atomic E-state index is -4.47. The van der Waals surface area contributed by atoms with E-state index in [9.17, 15) is 22.8 Å². The fourth-order valence-corrected chi connectivity index (χ4v) is 2.42. The molecule has 2 amide bonds. The van der Waals surface area contributed by atoms with Crippen molar-refractivity contribution in [3.63, 3.8) is 0 Å². The quantitative estimate of drug-likeness (QED) is 0.815. The Labute approximate surface area is 144 Å². The van der Waals surface area contributed by atoms with Gasteiger partial charge in [-0.15, -0.1) is 0 Å². The summed E-state index contributed by atoms with van der Waals surface area (Å²) in [6.45, 7) is 4.69. The number of rotatable bonds is 6. The highest BCUT2D eigenvalue weighted by Crippen LogP contribution is 2.35. The van der Waals surface area contributed by atoms with Crippen LogP contribution in [0.25, 0.3) is 0 Å². The third kappa shape index (κ3) is 5.65. The number of nitrogens with zero attached hydrogens (tertiary/aromatic N) is 1. The number of urea groups is 1. The van der Waals surface area contributed by atoms with Crippen molar-refractivity contribution in [3.8, 4) is 0 Å². The van der Waals surface area contributed by atoms with Crippen molar-refractivity contribution in [3.05, 3.63) is 35.4 Å². The zero-order chi connectivity index (χ0) is 19.4. The Kier molecular flexibility index (Phi) is 6.84. The molecule has 0 aromatic heterocycles. The van der Waals surface area contributed by atoms with Crippen molar-refractivity contribution in [1.82, 2.24) is 10.2 Å². The van der Waals surface area contributed by atoms with E-state index >= 15 is 0 Å². The van der Waals surface area contributed by atoms with Gasteiger partial charge in [0.25, 0.3) is 0 Å². The van der Waals surface area contributed by atoms with Gasteiger partial charge < -0.3 is 15.3 Å². The van der Waals surface area contributed by atoms with Crippen LogP contribution in [0.15, 0.2) is 24.3 Å². The van der Waals surface area contributed by atoms with E-state index in [0.29, 0.717) is 0 Å². The number of amides is 2. The van der Waals surface area contributed by atoms with Crippen LogP contribution < -0.4 is 5.32 Å². The summed E-state index contributed by atoms with van der Waals surface area (Å²) in [6.07, 6.45) is -4.47. The molecule has 3 atom stereocenters. The van der Waals surface area contributed by atoms with Gasteiger partial charge in [-0.1, -0.05) is 32.0 Å². The van der Waals surface area contributed by atoms with Gasteiger partial charge in [0.2, 0.25) is 0 Å². The molecule has 5 nitrogen and oxygen atoms in total. The van der Waals surface area contributed by atoms with Crippen molar-refractivity contribution in [2.75, 3.05) is 13.6 Å². The summed E-state index contributed by atoms with van der Waals surface area (Å²) in [5, 5.41) is 11.5. The number of carbonyl (C=O) groups excluding carboxylic acids is 1. The van der Waals surface area contributed by atoms with Gasteiger partial charge in [-0.3, -0.25) is 4.79 Å². The van der Waals surface area contributed by atoms with E-state index in [1.807, 2.05) is 0 Å². The lowest BCUT2D eigenvalue weighted by molar-refractivity contribution is -0.141. The van der Waals surface area contributed by atoms with Gasteiger partial charge in [-0.25, -0.2) is 4.79 Å². The largest absolute Gasteiger partial charge is 0.481 e. The number of nitrogens with one attached hydrogen (secondary N) is 1. The molecular formula is C17H23F3N2O3. The monoisotopic (exact) mass is 360 g/mol. The number of carbonyl (C=O) groups is 2. The minimum Gasteiger partial charge on any atom is -0.481 e. The second kappa shape index (κ2) is 8.22. The third-order valence-electron chi connectivity index (χ3n) is 4.17. The molecule has 2 N–H and O–H groups in total. The Balaban J connectivity index is 2.83. The molecule has 0 radical (unpaired) electrons. The number of alkyl halides is 3. The molecule has 0 spiro atoms. The number of carboxylic acids is 1. The third-order valence-corrected chi connectivity index (χ3v) is 4.17. The first-order chi connectivity index (χ1) is 11.4. The van der Waals surface area contributed by atoms with Crippen LogP contribution in [0, 0.1) is 5.92 Å². The van der Waals surface area contributed by atoms with Gasteiger partial charge in [0.15, 0.2) is 0 Å². The van der Waals surface area contributed by atoms with Crippen molar-refractivity contribution in [2.24, 2.45) is 5.92 Å². The van der Waals surface area contributed by atoms with E-state index in [0.717, 1.165) is 6.07 Å². The molecule has 0 aliphatic rings. The number of carboxylic acid groups (broad SMARTS) is 1. The van der Waals surface area contributed by atoms with E-state index in [4.69, 9.17) is 5.11 Å². The van der Waals surface area contributed by atoms with Crippen LogP contribution in [0.4, 0.5) is 18.0 Å². The molecule has 0 saturated heterocycles. The standard InChI is InChI=1S/C17H23F3N2O3/c1-10(15(23)24)9-22(4)16(25)21-12(3)11(2)13-7-5-6-8-14(13)17(18,19)20/h5-8,10-12H,9H2,1-4H3,(H,21,25)(H,23,24). The van der Waals surface area contributed by atoms with Gasteiger partial charge in [0, 0.05) is 25.6 Å². The molecule has 0 bridgehead atoms. The fourth-order valence-electron chi connectivity index (χ4n) is 2.42. The molecule has 1 aromatic carbocycles. The number of halogens is 3. The van der Waals surface area contributed by atoms with Gasteiger partial charge in [-0.2, -0.15) is 13.2 Å². The van der Waals surface area contributed by atoms with Gasteiger partial charge in [0.1, 0.15) is 0 Å². The van der Waals surface area contributed by atoms with E-state index in [-0.39, 0.29) is 12.1 Å². The summed E-state index contributed by atoms with van der Waals surface area (Å²) < 4.78 is 39.4. The second-order valence-electron chi connectivity index (χ2n) is 6.23.